The highest BCUT2D eigenvalue weighted by Crippen LogP contribution is 2.34. The van der Waals surface area contributed by atoms with Crippen molar-refractivity contribution in [1.82, 2.24) is 25.0 Å². The fourth-order valence-electron chi connectivity index (χ4n) is 5.00. The Hall–Kier alpha value is -2.00. The molecule has 0 spiro atoms. The van der Waals surface area contributed by atoms with Gasteiger partial charge in [0.05, 0.1) is 12.5 Å². The summed E-state index contributed by atoms with van der Waals surface area (Å²) in [6.07, 6.45) is 6.28. The van der Waals surface area contributed by atoms with Crippen LogP contribution < -0.4 is 5.32 Å². The van der Waals surface area contributed by atoms with Crippen LogP contribution in [0.25, 0.3) is 0 Å². The summed E-state index contributed by atoms with van der Waals surface area (Å²) in [6.45, 7) is 5.02. The Morgan fingerprint density at radius 2 is 1.90 bits per heavy atom. The summed E-state index contributed by atoms with van der Waals surface area (Å²) >= 11 is 0. The van der Waals surface area contributed by atoms with Crippen LogP contribution in [0, 0.1) is 5.92 Å². The fraction of sp³-hybridized carbons (Fsp3) is 0.800. The smallest absolute Gasteiger partial charge is 0.300 e. The maximum Gasteiger partial charge on any atom is 0.300 e. The zero-order valence-corrected chi connectivity index (χ0v) is 17.0. The molecule has 3 saturated heterocycles. The zero-order chi connectivity index (χ0) is 20.4. The number of nitrogens with one attached hydrogen (secondary N) is 1. The quantitative estimate of drug-likeness (QED) is 0.748. The van der Waals surface area contributed by atoms with Crippen LogP contribution in [0.2, 0.25) is 0 Å². The van der Waals surface area contributed by atoms with Crippen molar-refractivity contribution in [3.05, 3.63) is 11.6 Å². The molecule has 1 aromatic rings. The van der Waals surface area contributed by atoms with E-state index in [0.29, 0.717) is 23.9 Å². The van der Waals surface area contributed by atoms with Gasteiger partial charge < -0.3 is 20.1 Å². The first-order valence-corrected chi connectivity index (χ1v) is 10.8. The molecule has 0 unspecified atom stereocenters. The van der Waals surface area contributed by atoms with Crippen LogP contribution in [0.15, 0.2) is 0 Å². The van der Waals surface area contributed by atoms with E-state index in [4.69, 9.17) is 24.7 Å². The number of aliphatic carboxylic acids is 1. The van der Waals surface area contributed by atoms with Crippen molar-refractivity contribution in [3.63, 3.8) is 0 Å². The number of carboxylic acids is 1. The molecule has 3 atom stereocenters. The topological polar surface area (TPSA) is 110 Å². The lowest BCUT2D eigenvalue weighted by Gasteiger charge is -2.27. The molecule has 3 fully saturated rings. The van der Waals surface area contributed by atoms with E-state index in [1.807, 2.05) is 4.68 Å². The van der Waals surface area contributed by atoms with Gasteiger partial charge in [-0.3, -0.25) is 9.59 Å². The lowest BCUT2D eigenvalue weighted by Crippen LogP contribution is -2.42. The molecule has 1 aromatic heterocycles. The normalized spacial score (nSPS) is 29.0. The van der Waals surface area contributed by atoms with Gasteiger partial charge in [0, 0.05) is 57.6 Å². The van der Waals surface area contributed by atoms with Crippen LogP contribution in [0.1, 0.15) is 56.6 Å². The highest BCUT2D eigenvalue weighted by Gasteiger charge is 2.44. The lowest BCUT2D eigenvalue weighted by molar-refractivity contribution is -0.136. The van der Waals surface area contributed by atoms with E-state index in [2.05, 4.69) is 10.2 Å². The summed E-state index contributed by atoms with van der Waals surface area (Å²) in [5, 5.41) is 15.8. The van der Waals surface area contributed by atoms with Crippen molar-refractivity contribution < 1.29 is 19.4 Å². The third-order valence-corrected chi connectivity index (χ3v) is 6.47. The number of ether oxygens (including phenoxy) is 1. The summed E-state index contributed by atoms with van der Waals surface area (Å²) in [7, 11) is 0. The molecule has 5 rings (SSSR count). The molecular weight excluding hydrogens is 374 g/mol. The van der Waals surface area contributed by atoms with Crippen molar-refractivity contribution in [2.24, 2.45) is 5.92 Å². The van der Waals surface area contributed by atoms with Gasteiger partial charge in [0.15, 0.2) is 5.82 Å². The Kier molecular flexibility index (Phi) is 6.15. The van der Waals surface area contributed by atoms with E-state index in [1.54, 1.807) is 0 Å². The van der Waals surface area contributed by atoms with Crippen LogP contribution in [0.5, 0.6) is 0 Å². The average Bonchev–Trinajstić information content (AvgIpc) is 3.41. The van der Waals surface area contributed by atoms with Gasteiger partial charge in [-0.25, -0.2) is 9.67 Å². The maximum atomic E-state index is 13.0. The number of fused-ring (bicyclic) bond motifs is 3. The van der Waals surface area contributed by atoms with Crippen LogP contribution in [-0.4, -0.2) is 75.0 Å². The van der Waals surface area contributed by atoms with Crippen LogP contribution >= 0.6 is 0 Å². The highest BCUT2D eigenvalue weighted by atomic mass is 16.5. The second-order valence-electron chi connectivity index (χ2n) is 8.48. The van der Waals surface area contributed by atoms with Gasteiger partial charge in [0.1, 0.15) is 5.82 Å². The number of amides is 1. The minimum atomic E-state index is -0.833. The van der Waals surface area contributed by atoms with Crippen molar-refractivity contribution in [2.75, 3.05) is 26.3 Å². The Morgan fingerprint density at radius 1 is 1.14 bits per heavy atom. The first-order chi connectivity index (χ1) is 14.0. The molecule has 160 valence electrons. The van der Waals surface area contributed by atoms with Gasteiger partial charge in [-0.05, 0) is 32.1 Å². The van der Waals surface area contributed by atoms with E-state index < -0.39 is 5.97 Å². The number of carbonyl (C=O) groups excluding carboxylic acids is 1. The molecular formula is C20H31N5O4. The largest absolute Gasteiger partial charge is 0.481 e. The molecule has 9 nitrogen and oxygen atoms in total. The fourth-order valence-corrected chi connectivity index (χ4v) is 5.00. The number of hydrogen-bond acceptors (Lipinski definition) is 6. The molecule has 5 heterocycles. The number of carbonyl (C=O) groups is 2. The summed E-state index contributed by atoms with van der Waals surface area (Å²) in [4.78, 5) is 28.8. The molecule has 0 aromatic carbocycles. The number of aromatic nitrogens is 3. The van der Waals surface area contributed by atoms with Gasteiger partial charge in [-0.15, -0.1) is 0 Å². The minimum Gasteiger partial charge on any atom is -0.481 e. The molecule has 29 heavy (non-hydrogen) atoms. The molecule has 2 N–H and O–H groups in total. The highest BCUT2D eigenvalue weighted by molar-refractivity contribution is 5.80. The Bertz CT molecular complexity index is 716. The van der Waals surface area contributed by atoms with Gasteiger partial charge in [0.25, 0.3) is 5.97 Å². The number of rotatable bonds is 2. The Morgan fingerprint density at radius 3 is 2.55 bits per heavy atom. The van der Waals surface area contributed by atoms with Gasteiger partial charge in [-0.2, -0.15) is 5.10 Å². The standard InChI is InChI=1S/C18H27N5O2.C2H4O2/c24-18(14-11-13-1-2-15(14)19-13)22-6-3-16-20-17(21-23(16)8-7-22)12-4-9-25-10-5-12;1-2(3)4/h12-15,19H,1-11H2;1H3,(H,3,4)/t13-,14+,15+;/m1./s1. The summed E-state index contributed by atoms with van der Waals surface area (Å²) in [5.74, 6) is 2.16. The molecule has 1 amide bonds. The second kappa shape index (κ2) is 8.79. The van der Waals surface area contributed by atoms with Gasteiger partial charge in [0.2, 0.25) is 5.91 Å². The molecule has 9 heteroatoms. The number of hydrogen-bond donors (Lipinski definition) is 2. The van der Waals surface area contributed by atoms with E-state index in [1.165, 1.54) is 6.42 Å². The second-order valence-corrected chi connectivity index (χ2v) is 8.48. The van der Waals surface area contributed by atoms with E-state index >= 15 is 0 Å². The first kappa shape index (κ1) is 20.3. The number of nitrogens with zero attached hydrogens (tertiary/aromatic N) is 4. The third kappa shape index (κ3) is 4.61. The molecule has 0 aliphatic carbocycles. The Labute approximate surface area is 170 Å². The van der Waals surface area contributed by atoms with Crippen LogP contribution in [0.3, 0.4) is 0 Å². The molecule has 0 saturated carbocycles. The third-order valence-electron chi connectivity index (χ3n) is 6.47. The minimum absolute atomic E-state index is 0.190. The van der Waals surface area contributed by atoms with E-state index in [9.17, 15) is 4.79 Å². The lowest BCUT2D eigenvalue weighted by atomic mass is 9.88. The predicted molar refractivity (Wildman–Crippen MR) is 104 cm³/mol. The van der Waals surface area contributed by atoms with Crippen molar-refractivity contribution in [2.45, 2.75) is 70.0 Å². The monoisotopic (exact) mass is 405 g/mol. The van der Waals surface area contributed by atoms with E-state index in [-0.39, 0.29) is 5.92 Å². The summed E-state index contributed by atoms with van der Waals surface area (Å²) < 4.78 is 7.48. The van der Waals surface area contributed by atoms with Crippen LogP contribution in [-0.2, 0) is 27.3 Å². The zero-order valence-electron chi connectivity index (χ0n) is 17.0. The summed E-state index contributed by atoms with van der Waals surface area (Å²) in [5.41, 5.74) is 0. The Balaban J connectivity index is 0.000000472. The van der Waals surface area contributed by atoms with Crippen LogP contribution in [0.4, 0.5) is 0 Å². The van der Waals surface area contributed by atoms with Crippen molar-refractivity contribution in [3.8, 4) is 0 Å². The SMILES string of the molecule is CC(=O)O.O=C([C@H]1C[C@H]2CC[C@@H]1N2)N1CCc2nc(C3CCOCC3)nn2CC1. The first-order valence-electron chi connectivity index (χ1n) is 10.8. The van der Waals surface area contributed by atoms with Gasteiger partial charge in [-0.1, -0.05) is 0 Å². The number of carboxylic acid groups (broad SMARTS) is 1. The average molecular weight is 405 g/mol. The van der Waals surface area contributed by atoms with Crippen molar-refractivity contribution in [1.29, 1.82) is 0 Å². The van der Waals surface area contributed by atoms with E-state index in [0.717, 1.165) is 83.5 Å². The molecule has 4 aliphatic rings. The van der Waals surface area contributed by atoms with Gasteiger partial charge >= 0.3 is 0 Å². The predicted octanol–water partition coefficient (Wildman–Crippen LogP) is 0.788. The van der Waals surface area contributed by atoms with Crippen molar-refractivity contribution >= 4 is 11.9 Å². The molecule has 2 bridgehead atoms. The maximum absolute atomic E-state index is 13.0. The molecule has 0 radical (unpaired) electrons. The summed E-state index contributed by atoms with van der Waals surface area (Å²) in [6, 6.07) is 0.987. The molecule has 4 aliphatic heterocycles.